The molecule has 0 bridgehead atoms. The van der Waals surface area contributed by atoms with Crippen molar-refractivity contribution in [3.8, 4) is 11.4 Å². The molecule has 0 radical (unpaired) electrons. The fourth-order valence-corrected chi connectivity index (χ4v) is 2.12. The third-order valence-electron chi connectivity index (χ3n) is 3.34. The summed E-state index contributed by atoms with van der Waals surface area (Å²) in [7, 11) is 1.27. The third kappa shape index (κ3) is 3.29. The number of alkyl halides is 2. The Morgan fingerprint density at radius 1 is 1.33 bits per heavy atom. The summed E-state index contributed by atoms with van der Waals surface area (Å²) in [5.74, 6) is -0.171. The number of nitrogens with one attached hydrogen (secondary N) is 1. The van der Waals surface area contributed by atoms with Crippen LogP contribution in [0.3, 0.4) is 0 Å². The zero-order valence-electron chi connectivity index (χ0n) is 12.6. The van der Waals surface area contributed by atoms with Crippen molar-refractivity contribution in [1.29, 1.82) is 0 Å². The molecule has 9 heteroatoms. The van der Waals surface area contributed by atoms with Gasteiger partial charge >= 0.3 is 5.97 Å². The molecule has 3 aromatic rings. The van der Waals surface area contributed by atoms with Gasteiger partial charge in [-0.25, -0.2) is 23.2 Å². The molecule has 0 spiro atoms. The number of halogens is 2. The van der Waals surface area contributed by atoms with E-state index >= 15 is 0 Å². The van der Waals surface area contributed by atoms with Crippen molar-refractivity contribution < 1.29 is 18.3 Å². The first-order valence-corrected chi connectivity index (χ1v) is 6.97. The van der Waals surface area contributed by atoms with Gasteiger partial charge in [-0.1, -0.05) is 29.5 Å². The summed E-state index contributed by atoms with van der Waals surface area (Å²) in [5.41, 5.74) is 1.51. The fourth-order valence-electron chi connectivity index (χ4n) is 2.12. The third-order valence-corrected chi connectivity index (χ3v) is 3.34. The second-order valence-corrected chi connectivity index (χ2v) is 4.98. The lowest BCUT2D eigenvalue weighted by atomic mass is 10.1. The maximum absolute atomic E-state index is 12.6. The Labute approximate surface area is 135 Å². The lowest BCUT2D eigenvalue weighted by Crippen LogP contribution is -2.02. The summed E-state index contributed by atoms with van der Waals surface area (Å²) in [5, 5.41) is 7.57. The van der Waals surface area contributed by atoms with Gasteiger partial charge < -0.3 is 9.72 Å². The fraction of sp³-hybridized carbons (Fsp3) is 0.200. The van der Waals surface area contributed by atoms with E-state index in [2.05, 4.69) is 25.0 Å². The Hall–Kier alpha value is -3.10. The number of carbonyl (C=O) groups excluding carboxylic acids is 1. The quantitative estimate of drug-likeness (QED) is 0.725. The highest BCUT2D eigenvalue weighted by Crippen LogP contribution is 2.21. The first-order chi connectivity index (χ1) is 11.6. The molecule has 0 unspecified atom stereocenters. The number of ether oxygens (including phenoxy) is 1. The van der Waals surface area contributed by atoms with Gasteiger partial charge in [0.2, 0.25) is 0 Å². The largest absolute Gasteiger partial charge is 0.464 e. The van der Waals surface area contributed by atoms with Crippen LogP contribution in [-0.2, 0) is 11.3 Å². The minimum absolute atomic E-state index is 0.129. The van der Waals surface area contributed by atoms with Gasteiger partial charge in [0.1, 0.15) is 11.5 Å². The molecule has 0 saturated carbocycles. The van der Waals surface area contributed by atoms with Crippen LogP contribution in [0.15, 0.2) is 36.7 Å². The van der Waals surface area contributed by atoms with E-state index in [1.54, 1.807) is 12.1 Å². The summed E-state index contributed by atoms with van der Waals surface area (Å²) in [4.78, 5) is 17.8. The monoisotopic (exact) mass is 333 g/mol. The minimum atomic E-state index is -2.58. The lowest BCUT2D eigenvalue weighted by Gasteiger charge is -2.02. The molecular formula is C15H13F2N5O2. The van der Waals surface area contributed by atoms with E-state index < -0.39 is 12.4 Å². The highest BCUT2D eigenvalue weighted by atomic mass is 19.3. The lowest BCUT2D eigenvalue weighted by molar-refractivity contribution is 0.0594. The van der Waals surface area contributed by atoms with E-state index in [1.807, 2.05) is 12.1 Å². The van der Waals surface area contributed by atoms with E-state index in [4.69, 9.17) is 0 Å². The van der Waals surface area contributed by atoms with Crippen molar-refractivity contribution in [3.63, 3.8) is 0 Å². The van der Waals surface area contributed by atoms with Gasteiger partial charge in [-0.05, 0) is 5.56 Å². The molecule has 7 nitrogen and oxygen atoms in total. The molecular weight excluding hydrogens is 320 g/mol. The highest BCUT2D eigenvalue weighted by molar-refractivity contribution is 5.86. The smallest absolute Gasteiger partial charge is 0.360 e. The molecule has 24 heavy (non-hydrogen) atoms. The van der Waals surface area contributed by atoms with Crippen LogP contribution in [-0.4, -0.2) is 38.0 Å². The van der Waals surface area contributed by atoms with Crippen LogP contribution in [0.2, 0.25) is 0 Å². The number of rotatable bonds is 5. The average molecular weight is 333 g/mol. The number of hydrogen-bond donors (Lipinski definition) is 1. The van der Waals surface area contributed by atoms with Crippen molar-refractivity contribution in [1.82, 2.24) is 25.0 Å². The van der Waals surface area contributed by atoms with Crippen LogP contribution < -0.4 is 0 Å². The molecule has 0 aliphatic heterocycles. The molecule has 1 aromatic carbocycles. The number of imidazole rings is 1. The standard InChI is InChI=1S/C15H13F2N5O2/c1-24-15(23)12-8-22(21-20-12)7-9-2-4-10(5-3-9)14-18-6-11(19-14)13(16)17/h2-6,8,13H,7H2,1H3,(H,18,19). The van der Waals surface area contributed by atoms with Gasteiger partial charge in [-0.3, -0.25) is 0 Å². The maximum atomic E-state index is 12.6. The predicted octanol–water partition coefficient (Wildman–Crippen LogP) is 2.44. The van der Waals surface area contributed by atoms with E-state index in [9.17, 15) is 13.6 Å². The summed E-state index contributed by atoms with van der Waals surface area (Å²) < 4.78 is 31.2. The van der Waals surface area contributed by atoms with Crippen molar-refractivity contribution in [2.75, 3.05) is 7.11 Å². The number of nitrogens with zero attached hydrogens (tertiary/aromatic N) is 4. The Bertz CT molecular complexity index is 842. The van der Waals surface area contributed by atoms with Crippen molar-refractivity contribution >= 4 is 5.97 Å². The second-order valence-electron chi connectivity index (χ2n) is 4.98. The van der Waals surface area contributed by atoms with Crippen molar-refractivity contribution in [2.45, 2.75) is 13.0 Å². The number of aromatic amines is 1. The number of hydrogen-bond acceptors (Lipinski definition) is 5. The Morgan fingerprint density at radius 2 is 2.08 bits per heavy atom. The Kier molecular flexibility index (Phi) is 4.32. The molecule has 1 N–H and O–H groups in total. The molecule has 0 fully saturated rings. The van der Waals surface area contributed by atoms with Gasteiger partial charge in [0.25, 0.3) is 6.43 Å². The maximum Gasteiger partial charge on any atom is 0.360 e. The number of aromatic nitrogens is 5. The summed E-state index contributed by atoms with van der Waals surface area (Å²) in [6.45, 7) is 0.407. The van der Waals surface area contributed by atoms with E-state index in [-0.39, 0.29) is 11.4 Å². The van der Waals surface area contributed by atoms with Crippen LogP contribution in [0, 0.1) is 0 Å². The van der Waals surface area contributed by atoms with Gasteiger partial charge in [0, 0.05) is 5.56 Å². The molecule has 0 aliphatic carbocycles. The molecule has 2 heterocycles. The molecule has 0 atom stereocenters. The molecule has 0 aliphatic rings. The van der Waals surface area contributed by atoms with Crippen molar-refractivity contribution in [2.24, 2.45) is 0 Å². The number of methoxy groups -OCH3 is 1. The number of benzene rings is 1. The zero-order chi connectivity index (χ0) is 17.1. The normalized spacial score (nSPS) is 11.0. The summed E-state index contributed by atoms with van der Waals surface area (Å²) in [6.07, 6.45) is 0.0283. The van der Waals surface area contributed by atoms with E-state index in [1.165, 1.54) is 18.0 Å². The van der Waals surface area contributed by atoms with Crippen LogP contribution >= 0.6 is 0 Å². The minimum Gasteiger partial charge on any atom is -0.464 e. The van der Waals surface area contributed by atoms with Crippen LogP contribution in [0.5, 0.6) is 0 Å². The average Bonchev–Trinajstić information content (AvgIpc) is 3.24. The van der Waals surface area contributed by atoms with Gasteiger partial charge in [-0.15, -0.1) is 5.10 Å². The summed E-state index contributed by atoms with van der Waals surface area (Å²) in [6, 6.07) is 7.17. The van der Waals surface area contributed by atoms with E-state index in [0.29, 0.717) is 17.9 Å². The van der Waals surface area contributed by atoms with E-state index in [0.717, 1.165) is 11.8 Å². The molecule has 124 valence electrons. The summed E-state index contributed by atoms with van der Waals surface area (Å²) >= 11 is 0. The zero-order valence-corrected chi connectivity index (χ0v) is 12.6. The Balaban J connectivity index is 1.72. The number of esters is 1. The molecule has 0 saturated heterocycles. The van der Waals surface area contributed by atoms with Gasteiger partial charge in [0.05, 0.1) is 26.0 Å². The SMILES string of the molecule is COC(=O)c1cn(Cc2ccc(-c3ncc(C(F)F)[nH]3)cc2)nn1. The molecule has 3 rings (SSSR count). The topological polar surface area (TPSA) is 85.7 Å². The number of carbonyl (C=O) groups is 1. The van der Waals surface area contributed by atoms with Crippen molar-refractivity contribution in [3.05, 3.63) is 53.6 Å². The van der Waals surface area contributed by atoms with Crippen LogP contribution in [0.25, 0.3) is 11.4 Å². The van der Waals surface area contributed by atoms with Gasteiger partial charge in [-0.2, -0.15) is 0 Å². The predicted molar refractivity (Wildman–Crippen MR) is 79.4 cm³/mol. The van der Waals surface area contributed by atoms with Crippen LogP contribution in [0.4, 0.5) is 8.78 Å². The molecule has 2 aromatic heterocycles. The Morgan fingerprint density at radius 3 is 2.71 bits per heavy atom. The first kappa shape index (κ1) is 15.8. The highest BCUT2D eigenvalue weighted by Gasteiger charge is 2.12. The first-order valence-electron chi connectivity index (χ1n) is 6.97. The van der Waals surface area contributed by atoms with Gasteiger partial charge in [0.15, 0.2) is 5.69 Å². The second kappa shape index (κ2) is 6.57. The van der Waals surface area contributed by atoms with Crippen LogP contribution in [0.1, 0.15) is 28.2 Å². The molecule has 0 amide bonds. The number of H-pyrrole nitrogens is 1.